The summed E-state index contributed by atoms with van der Waals surface area (Å²) in [6, 6.07) is 10.9. The average Bonchev–Trinajstić information content (AvgIpc) is 3.31. The molecule has 0 fully saturated rings. The van der Waals surface area contributed by atoms with Gasteiger partial charge in [0.05, 0.1) is 5.57 Å². The second-order valence-electron chi connectivity index (χ2n) is 7.46. The van der Waals surface area contributed by atoms with E-state index in [1.807, 2.05) is 48.7 Å². The number of thioether (sulfide) groups is 1. The number of amides is 1. The first-order valence-electron chi connectivity index (χ1n) is 9.88. The van der Waals surface area contributed by atoms with Crippen molar-refractivity contribution in [1.82, 2.24) is 14.6 Å². The number of carbonyl (C=O) groups is 1. The first-order valence-corrected chi connectivity index (χ1v) is 11.4. The second kappa shape index (κ2) is 8.30. The molecule has 0 saturated heterocycles. The first-order chi connectivity index (χ1) is 15.8. The number of carbonyl (C=O) groups excluding carboxylic acids is 1. The normalized spacial score (nSPS) is 16.8. The zero-order valence-corrected chi connectivity index (χ0v) is 19.8. The first kappa shape index (κ1) is 21.6. The summed E-state index contributed by atoms with van der Waals surface area (Å²) in [5.41, 5.74) is 4.39. The summed E-state index contributed by atoms with van der Waals surface area (Å²) in [5, 5.41) is 16.6. The van der Waals surface area contributed by atoms with E-state index in [4.69, 9.17) is 28.6 Å². The number of fused-ring (bicyclic) bond motifs is 1. The van der Waals surface area contributed by atoms with E-state index >= 15 is 0 Å². The lowest BCUT2D eigenvalue weighted by Gasteiger charge is -2.20. The maximum Gasteiger partial charge on any atom is 0.283 e. The Morgan fingerprint density at radius 3 is 2.58 bits per heavy atom. The Hall–Kier alpha value is -3.20. The largest absolute Gasteiger partial charge is 0.318 e. The Morgan fingerprint density at radius 2 is 1.88 bits per heavy atom. The molecule has 33 heavy (non-hydrogen) atoms. The lowest BCUT2D eigenvalue weighted by Crippen LogP contribution is -2.35. The van der Waals surface area contributed by atoms with Crippen LogP contribution in [0, 0.1) is 19.3 Å². The van der Waals surface area contributed by atoms with E-state index in [9.17, 15) is 4.79 Å². The summed E-state index contributed by atoms with van der Waals surface area (Å²) < 4.78 is 2.00. The van der Waals surface area contributed by atoms with Gasteiger partial charge in [-0.05, 0) is 73.6 Å². The summed E-state index contributed by atoms with van der Waals surface area (Å²) in [7, 11) is 0. The van der Waals surface area contributed by atoms with Crippen LogP contribution in [0.4, 0.5) is 0 Å². The topological polar surface area (TPSA) is 86.7 Å². The number of hydrazone groups is 1. The molecule has 0 saturated carbocycles. The molecule has 164 valence electrons. The van der Waals surface area contributed by atoms with E-state index < -0.39 is 5.91 Å². The number of hydrogen-bond acceptors (Lipinski definition) is 5. The van der Waals surface area contributed by atoms with Gasteiger partial charge in [0.15, 0.2) is 5.84 Å². The van der Waals surface area contributed by atoms with E-state index in [2.05, 4.69) is 15.1 Å². The predicted molar refractivity (Wildman–Crippen MR) is 134 cm³/mol. The number of nitrogens with one attached hydrogen (secondary N) is 1. The molecule has 0 spiro atoms. The van der Waals surface area contributed by atoms with Crippen LogP contribution in [0.25, 0.3) is 11.8 Å². The van der Waals surface area contributed by atoms with Crippen LogP contribution in [-0.4, -0.2) is 36.5 Å². The fraction of sp³-hybridized carbons (Fsp3) is 0.0870. The number of halogens is 2. The fourth-order valence-corrected chi connectivity index (χ4v) is 5.15. The molecule has 0 unspecified atom stereocenters. The summed E-state index contributed by atoms with van der Waals surface area (Å²) in [6.07, 6.45) is 5.04. The molecule has 2 aromatic heterocycles. The highest BCUT2D eigenvalue weighted by atomic mass is 35.5. The Balaban J connectivity index is 1.53. The maximum atomic E-state index is 12.8. The minimum Gasteiger partial charge on any atom is -0.318 e. The molecule has 10 heteroatoms. The van der Waals surface area contributed by atoms with Crippen LogP contribution in [0.5, 0.6) is 0 Å². The van der Waals surface area contributed by atoms with Crippen molar-refractivity contribution in [3.05, 3.63) is 86.9 Å². The lowest BCUT2D eigenvalue weighted by molar-refractivity contribution is -0.114. The molecule has 0 atom stereocenters. The van der Waals surface area contributed by atoms with E-state index in [1.165, 1.54) is 16.8 Å². The van der Waals surface area contributed by atoms with Gasteiger partial charge in [0.25, 0.3) is 5.91 Å². The van der Waals surface area contributed by atoms with Gasteiger partial charge in [0.2, 0.25) is 5.17 Å². The molecule has 0 bridgehead atoms. The third-order valence-electron chi connectivity index (χ3n) is 5.24. The number of hydrogen-bond donors (Lipinski definition) is 1. The highest BCUT2D eigenvalue weighted by Gasteiger charge is 2.36. The van der Waals surface area contributed by atoms with E-state index in [0.717, 1.165) is 28.2 Å². The van der Waals surface area contributed by atoms with Gasteiger partial charge in [-0.25, -0.2) is 0 Å². The molecule has 2 aliphatic rings. The van der Waals surface area contributed by atoms with Gasteiger partial charge in [-0.3, -0.25) is 15.2 Å². The third-order valence-corrected chi connectivity index (χ3v) is 6.63. The summed E-state index contributed by atoms with van der Waals surface area (Å²) in [6.45, 7) is 3.89. The zero-order valence-electron chi connectivity index (χ0n) is 17.5. The molecule has 1 aromatic carbocycles. The quantitative estimate of drug-likeness (QED) is 0.489. The van der Waals surface area contributed by atoms with Crippen LogP contribution < -0.4 is 0 Å². The van der Waals surface area contributed by atoms with Gasteiger partial charge in [0.1, 0.15) is 5.04 Å². The summed E-state index contributed by atoms with van der Waals surface area (Å²) in [5.74, 6) is -0.496. The van der Waals surface area contributed by atoms with Crippen molar-refractivity contribution >= 4 is 63.0 Å². The number of aryl methyl sites for hydroxylation is 1. The number of benzene rings is 1. The van der Waals surface area contributed by atoms with Gasteiger partial charge in [-0.15, -0.1) is 0 Å². The number of rotatable bonds is 3. The van der Waals surface area contributed by atoms with Crippen molar-refractivity contribution in [2.45, 2.75) is 13.8 Å². The molecule has 3 aromatic rings. The molecule has 7 nitrogen and oxygen atoms in total. The van der Waals surface area contributed by atoms with Crippen LogP contribution >= 0.6 is 35.0 Å². The molecule has 1 amide bonds. The van der Waals surface area contributed by atoms with Crippen molar-refractivity contribution in [1.29, 1.82) is 5.41 Å². The Kier molecular flexibility index (Phi) is 5.44. The summed E-state index contributed by atoms with van der Waals surface area (Å²) in [4.78, 5) is 21.1. The zero-order chi connectivity index (χ0) is 23.3. The van der Waals surface area contributed by atoms with E-state index in [-0.39, 0.29) is 11.4 Å². The van der Waals surface area contributed by atoms with Crippen molar-refractivity contribution in [3.8, 4) is 5.69 Å². The van der Waals surface area contributed by atoms with Crippen molar-refractivity contribution in [3.63, 3.8) is 0 Å². The highest BCUT2D eigenvalue weighted by Crippen LogP contribution is 2.32. The Morgan fingerprint density at radius 1 is 1.12 bits per heavy atom. The van der Waals surface area contributed by atoms with Gasteiger partial charge in [-0.2, -0.15) is 15.1 Å². The minimum absolute atomic E-state index is 0.0213. The van der Waals surface area contributed by atoms with Gasteiger partial charge in [0, 0.05) is 45.1 Å². The SMILES string of the molecule is Cc1cc(/C=C2\C(=N)N3N=C(c4cccnc4)SC3=NC2=O)c(C)n1-c1cc(Cl)cc(Cl)c1. The lowest BCUT2D eigenvalue weighted by atomic mass is 10.1. The molecule has 0 radical (unpaired) electrons. The number of nitrogens with zero attached hydrogens (tertiary/aromatic N) is 5. The molecule has 2 aliphatic heterocycles. The smallest absolute Gasteiger partial charge is 0.283 e. The summed E-state index contributed by atoms with van der Waals surface area (Å²) >= 11 is 13.6. The van der Waals surface area contributed by atoms with Crippen LogP contribution in [0.15, 0.2) is 64.5 Å². The van der Waals surface area contributed by atoms with Crippen LogP contribution in [0.1, 0.15) is 22.5 Å². The Labute approximate surface area is 203 Å². The number of aromatic nitrogens is 2. The molecular weight excluding hydrogens is 479 g/mol. The van der Waals surface area contributed by atoms with Crippen molar-refractivity contribution in [2.24, 2.45) is 10.1 Å². The number of amidine groups is 2. The highest BCUT2D eigenvalue weighted by molar-refractivity contribution is 8.27. The van der Waals surface area contributed by atoms with Crippen molar-refractivity contribution < 1.29 is 4.79 Å². The second-order valence-corrected chi connectivity index (χ2v) is 9.29. The standard InChI is InChI=1S/C23H16Cl2N6OS/c1-12-6-15(13(2)30(12)18-9-16(24)8-17(25)10-18)7-19-20(26)31-23(28-21(19)32)33-22(29-31)14-4-3-5-27-11-14/h3-11,26H,1-2H3/b19-7+,26-20?. The van der Waals surface area contributed by atoms with Crippen LogP contribution in [0.2, 0.25) is 10.0 Å². The maximum absolute atomic E-state index is 12.8. The Bertz CT molecular complexity index is 1400. The van der Waals surface area contributed by atoms with Crippen molar-refractivity contribution in [2.75, 3.05) is 0 Å². The molecular formula is C23H16Cl2N6OS. The third kappa shape index (κ3) is 3.90. The van der Waals surface area contributed by atoms with Crippen LogP contribution in [-0.2, 0) is 4.79 Å². The predicted octanol–water partition coefficient (Wildman–Crippen LogP) is 5.46. The molecule has 0 aliphatic carbocycles. The van der Waals surface area contributed by atoms with Gasteiger partial charge < -0.3 is 4.57 Å². The minimum atomic E-state index is -0.475. The van der Waals surface area contributed by atoms with Gasteiger partial charge in [-0.1, -0.05) is 23.2 Å². The average molecular weight is 495 g/mol. The fourth-order valence-electron chi connectivity index (χ4n) is 3.75. The van der Waals surface area contributed by atoms with Gasteiger partial charge >= 0.3 is 0 Å². The van der Waals surface area contributed by atoms with E-state index in [0.29, 0.717) is 20.3 Å². The van der Waals surface area contributed by atoms with E-state index in [1.54, 1.807) is 24.5 Å². The number of aliphatic imine (C=N–C) groups is 1. The monoisotopic (exact) mass is 494 g/mol. The number of pyridine rings is 1. The molecule has 5 rings (SSSR count). The molecule has 1 N–H and O–H groups in total. The molecule has 4 heterocycles. The van der Waals surface area contributed by atoms with Crippen LogP contribution in [0.3, 0.4) is 0 Å².